The first-order chi connectivity index (χ1) is 8.72. The molecule has 4 aliphatic carbocycles. The zero-order valence-corrected chi connectivity index (χ0v) is 11.7. The van der Waals surface area contributed by atoms with E-state index in [0.29, 0.717) is 5.75 Å². The summed E-state index contributed by atoms with van der Waals surface area (Å²) in [4.78, 5) is 0. The summed E-state index contributed by atoms with van der Waals surface area (Å²) in [7, 11) is 0. The topological polar surface area (TPSA) is 20.2 Å². The third-order valence-corrected chi connectivity index (χ3v) is 4.37. The summed E-state index contributed by atoms with van der Waals surface area (Å²) >= 11 is 3.65. The van der Waals surface area contributed by atoms with Gasteiger partial charge in [0, 0.05) is 4.47 Å². The summed E-state index contributed by atoms with van der Waals surface area (Å²) in [6, 6.07) is 12.7. The van der Waals surface area contributed by atoms with Crippen LogP contribution in [0, 0.1) is 0 Å². The SMILES string of the molecule is Oc1cc2ccc1CCc1ccc(c(Br)c1)CC2. The molecule has 0 fully saturated rings. The van der Waals surface area contributed by atoms with Crippen LogP contribution >= 0.6 is 15.9 Å². The fourth-order valence-electron chi connectivity index (χ4n) is 2.48. The standard InChI is InChI=1S/C16H15BrO/c17-15-9-11-1-5-13(15)6-2-12-4-8-14(7-3-11)16(18)10-12/h1,4-5,8-10,18H,2-3,6-7H2. The molecule has 0 heterocycles. The Morgan fingerprint density at radius 1 is 0.778 bits per heavy atom. The second-order valence-electron chi connectivity index (χ2n) is 4.89. The van der Waals surface area contributed by atoms with Crippen molar-refractivity contribution in [1.29, 1.82) is 0 Å². The van der Waals surface area contributed by atoms with Crippen LogP contribution in [-0.4, -0.2) is 5.11 Å². The lowest BCUT2D eigenvalue weighted by molar-refractivity contribution is 0.467. The van der Waals surface area contributed by atoms with Crippen LogP contribution in [0.2, 0.25) is 0 Å². The van der Waals surface area contributed by atoms with Crippen molar-refractivity contribution in [2.24, 2.45) is 0 Å². The Morgan fingerprint density at radius 2 is 1.39 bits per heavy atom. The van der Waals surface area contributed by atoms with Gasteiger partial charge in [0.05, 0.1) is 0 Å². The molecule has 0 saturated heterocycles. The van der Waals surface area contributed by atoms with Gasteiger partial charge in [0.1, 0.15) is 5.75 Å². The summed E-state index contributed by atoms with van der Waals surface area (Å²) in [5.74, 6) is 0.446. The third-order valence-electron chi connectivity index (χ3n) is 3.63. The van der Waals surface area contributed by atoms with Crippen LogP contribution in [0.1, 0.15) is 22.3 Å². The van der Waals surface area contributed by atoms with E-state index in [-0.39, 0.29) is 0 Å². The number of aromatic hydroxyl groups is 1. The smallest absolute Gasteiger partial charge is 0.119 e. The number of phenolic OH excluding ortho intramolecular Hbond substituents is 1. The molecule has 92 valence electrons. The van der Waals surface area contributed by atoms with Gasteiger partial charge in [-0.15, -0.1) is 0 Å². The molecule has 0 saturated carbocycles. The van der Waals surface area contributed by atoms with Gasteiger partial charge in [0.25, 0.3) is 0 Å². The second kappa shape index (κ2) is 4.77. The molecule has 0 aliphatic heterocycles. The van der Waals surface area contributed by atoms with E-state index >= 15 is 0 Å². The molecular weight excluding hydrogens is 288 g/mol. The minimum Gasteiger partial charge on any atom is -0.508 e. The number of aryl methyl sites for hydroxylation is 4. The number of rotatable bonds is 0. The van der Waals surface area contributed by atoms with Gasteiger partial charge in [-0.05, 0) is 60.1 Å². The average Bonchev–Trinajstić information content (AvgIpc) is 2.34. The highest BCUT2D eigenvalue weighted by Gasteiger charge is 2.08. The van der Waals surface area contributed by atoms with E-state index in [1.165, 1.54) is 21.2 Å². The van der Waals surface area contributed by atoms with E-state index in [2.05, 4.69) is 46.3 Å². The van der Waals surface area contributed by atoms with Crippen molar-refractivity contribution in [3.05, 3.63) is 63.1 Å². The van der Waals surface area contributed by atoms with Crippen LogP contribution in [0.25, 0.3) is 0 Å². The van der Waals surface area contributed by atoms with Crippen molar-refractivity contribution in [3.8, 4) is 5.75 Å². The lowest BCUT2D eigenvalue weighted by Gasteiger charge is -2.12. The molecule has 0 unspecified atom stereocenters. The van der Waals surface area contributed by atoms with Crippen molar-refractivity contribution < 1.29 is 5.11 Å². The van der Waals surface area contributed by atoms with Crippen molar-refractivity contribution in [2.75, 3.05) is 0 Å². The largest absolute Gasteiger partial charge is 0.508 e. The molecule has 0 aromatic heterocycles. The summed E-state index contributed by atoms with van der Waals surface area (Å²) in [5, 5.41) is 10.00. The van der Waals surface area contributed by atoms with Crippen LogP contribution in [0.5, 0.6) is 5.75 Å². The summed E-state index contributed by atoms with van der Waals surface area (Å²) in [5.41, 5.74) is 4.89. The molecule has 2 heteroatoms. The lowest BCUT2D eigenvalue weighted by Crippen LogP contribution is -1.99. The summed E-state index contributed by atoms with van der Waals surface area (Å²) in [6.07, 6.45) is 3.81. The molecule has 1 nitrogen and oxygen atoms in total. The van der Waals surface area contributed by atoms with E-state index in [4.69, 9.17) is 0 Å². The van der Waals surface area contributed by atoms with Gasteiger partial charge >= 0.3 is 0 Å². The first-order valence-electron chi connectivity index (χ1n) is 6.30. The number of halogens is 1. The van der Waals surface area contributed by atoms with E-state index in [1.54, 1.807) is 0 Å². The number of hydrogen-bond acceptors (Lipinski definition) is 1. The highest BCUT2D eigenvalue weighted by Crippen LogP contribution is 2.26. The van der Waals surface area contributed by atoms with Gasteiger partial charge in [0.15, 0.2) is 0 Å². The Bertz CT molecular complexity index is 536. The monoisotopic (exact) mass is 302 g/mol. The van der Waals surface area contributed by atoms with E-state index in [9.17, 15) is 5.11 Å². The average molecular weight is 303 g/mol. The number of hydrogen-bond donors (Lipinski definition) is 1. The first kappa shape index (κ1) is 11.8. The van der Waals surface area contributed by atoms with Gasteiger partial charge in [-0.2, -0.15) is 0 Å². The molecule has 1 N–H and O–H groups in total. The van der Waals surface area contributed by atoms with Crippen molar-refractivity contribution >= 4 is 15.9 Å². The first-order valence-corrected chi connectivity index (χ1v) is 7.10. The fourth-order valence-corrected chi connectivity index (χ4v) is 3.11. The number of phenols is 1. The zero-order valence-electron chi connectivity index (χ0n) is 10.1. The molecule has 0 amide bonds. The molecule has 4 aliphatic rings. The lowest BCUT2D eigenvalue weighted by atomic mass is 9.96. The minimum atomic E-state index is 0.446. The van der Waals surface area contributed by atoms with Crippen LogP contribution in [-0.2, 0) is 25.7 Å². The molecule has 2 aromatic carbocycles. The van der Waals surface area contributed by atoms with Gasteiger partial charge in [0.2, 0.25) is 0 Å². The van der Waals surface area contributed by atoms with Gasteiger partial charge < -0.3 is 5.11 Å². The van der Waals surface area contributed by atoms with Crippen LogP contribution in [0.3, 0.4) is 0 Å². The van der Waals surface area contributed by atoms with Crippen molar-refractivity contribution in [2.45, 2.75) is 25.7 Å². The highest BCUT2D eigenvalue weighted by molar-refractivity contribution is 9.10. The Hall–Kier alpha value is -1.28. The Kier molecular flexibility index (Phi) is 3.13. The Labute approximate surface area is 116 Å². The van der Waals surface area contributed by atoms with Crippen LogP contribution in [0.4, 0.5) is 0 Å². The fraction of sp³-hybridized carbons (Fsp3) is 0.250. The predicted octanol–water partition coefficient (Wildman–Crippen LogP) is 4.04. The van der Waals surface area contributed by atoms with Crippen LogP contribution in [0.15, 0.2) is 40.9 Å². The second-order valence-corrected chi connectivity index (χ2v) is 5.74. The molecule has 0 radical (unpaired) electrons. The van der Waals surface area contributed by atoms with Crippen LogP contribution < -0.4 is 0 Å². The van der Waals surface area contributed by atoms with E-state index < -0.39 is 0 Å². The molecule has 4 bridgehead atoms. The molecule has 6 rings (SSSR count). The maximum absolute atomic E-state index is 10.00. The Morgan fingerprint density at radius 3 is 2.06 bits per heavy atom. The quantitative estimate of drug-likeness (QED) is 0.779. The predicted molar refractivity (Wildman–Crippen MR) is 77.1 cm³/mol. The van der Waals surface area contributed by atoms with Gasteiger partial charge in [-0.25, -0.2) is 0 Å². The van der Waals surface area contributed by atoms with Gasteiger partial charge in [-0.1, -0.05) is 40.2 Å². The van der Waals surface area contributed by atoms with Gasteiger partial charge in [-0.3, -0.25) is 0 Å². The van der Waals surface area contributed by atoms with Crippen molar-refractivity contribution in [3.63, 3.8) is 0 Å². The molecule has 18 heavy (non-hydrogen) atoms. The third kappa shape index (κ3) is 2.30. The highest BCUT2D eigenvalue weighted by atomic mass is 79.9. The maximum Gasteiger partial charge on any atom is 0.119 e. The van der Waals surface area contributed by atoms with E-state index in [0.717, 1.165) is 31.2 Å². The minimum absolute atomic E-state index is 0.446. The van der Waals surface area contributed by atoms with Crippen molar-refractivity contribution in [1.82, 2.24) is 0 Å². The Balaban J connectivity index is 2.03. The summed E-state index contributed by atoms with van der Waals surface area (Å²) < 4.78 is 1.21. The maximum atomic E-state index is 10.00. The number of benzene rings is 2. The molecule has 2 aromatic rings. The normalized spacial score (nSPS) is 14.3. The summed E-state index contributed by atoms with van der Waals surface area (Å²) in [6.45, 7) is 0. The molecular formula is C16H15BrO. The molecule has 0 spiro atoms. The molecule has 0 atom stereocenters. The zero-order chi connectivity index (χ0) is 12.5. The van der Waals surface area contributed by atoms with E-state index in [1.807, 2.05) is 6.07 Å².